The first-order chi connectivity index (χ1) is 14.5. The van der Waals surface area contributed by atoms with Gasteiger partial charge in [-0.3, -0.25) is 4.90 Å². The van der Waals surface area contributed by atoms with Gasteiger partial charge in [0.05, 0.1) is 28.5 Å². The molecule has 0 bridgehead atoms. The monoisotopic (exact) mass is 446 g/mol. The summed E-state index contributed by atoms with van der Waals surface area (Å²) >= 11 is 12.1. The van der Waals surface area contributed by atoms with E-state index in [1.54, 1.807) is 12.1 Å². The van der Waals surface area contributed by atoms with Crippen LogP contribution in [0.3, 0.4) is 0 Å². The van der Waals surface area contributed by atoms with Crippen molar-refractivity contribution in [2.75, 3.05) is 26.3 Å². The Morgan fingerprint density at radius 3 is 2.77 bits per heavy atom. The van der Waals surface area contributed by atoms with Gasteiger partial charge in [0.2, 0.25) is 0 Å². The number of ether oxygens (including phenoxy) is 1. The molecule has 7 heteroatoms. The molecule has 0 spiro atoms. The SMILES string of the molecule is C#CCOC[C@H](O)CN(Cc1ccccc1)C[C@@H]1CC(c2ccc(Cl)c(Cl)c2)=NO1. The maximum absolute atomic E-state index is 10.4. The zero-order valence-corrected chi connectivity index (χ0v) is 18.0. The fourth-order valence-corrected chi connectivity index (χ4v) is 3.61. The molecule has 5 nitrogen and oxygen atoms in total. The number of terminal acetylenes is 1. The van der Waals surface area contributed by atoms with Crippen LogP contribution in [-0.4, -0.2) is 54.2 Å². The van der Waals surface area contributed by atoms with Gasteiger partial charge >= 0.3 is 0 Å². The Labute approximate surface area is 187 Å². The van der Waals surface area contributed by atoms with E-state index in [4.69, 9.17) is 39.2 Å². The standard InChI is InChI=1S/C23H24Cl2N2O3/c1-2-10-29-16-19(28)14-27(13-17-6-4-3-5-7-17)15-20-12-23(26-30-20)18-8-9-21(24)22(25)11-18/h1,3-9,11,19-20,28H,10,12-16H2/t19-,20+/m1/s1. The molecule has 2 aromatic rings. The van der Waals surface area contributed by atoms with Gasteiger partial charge in [-0.1, -0.05) is 70.7 Å². The molecule has 30 heavy (non-hydrogen) atoms. The molecule has 0 radical (unpaired) electrons. The normalized spacial score (nSPS) is 16.8. The predicted molar refractivity (Wildman–Crippen MR) is 120 cm³/mol. The summed E-state index contributed by atoms with van der Waals surface area (Å²) in [4.78, 5) is 7.81. The third-order valence-electron chi connectivity index (χ3n) is 4.66. The highest BCUT2D eigenvalue weighted by Crippen LogP contribution is 2.26. The summed E-state index contributed by atoms with van der Waals surface area (Å²) in [6.07, 6.45) is 5.06. The first kappa shape index (κ1) is 22.6. The highest BCUT2D eigenvalue weighted by atomic mass is 35.5. The number of hydrogen-bond donors (Lipinski definition) is 1. The molecule has 3 rings (SSSR count). The van der Waals surface area contributed by atoms with Gasteiger partial charge in [-0.2, -0.15) is 0 Å². The summed E-state index contributed by atoms with van der Waals surface area (Å²) in [7, 11) is 0. The van der Waals surface area contributed by atoms with Crippen LogP contribution in [0.2, 0.25) is 10.0 Å². The van der Waals surface area contributed by atoms with Gasteiger partial charge in [-0.05, 0) is 17.7 Å². The number of halogens is 2. The van der Waals surface area contributed by atoms with Gasteiger partial charge in [0, 0.05) is 31.6 Å². The Morgan fingerprint density at radius 1 is 1.23 bits per heavy atom. The van der Waals surface area contributed by atoms with Gasteiger partial charge in [-0.15, -0.1) is 6.42 Å². The summed E-state index contributed by atoms with van der Waals surface area (Å²) < 4.78 is 5.27. The number of aliphatic hydroxyl groups is 1. The van der Waals surface area contributed by atoms with Crippen molar-refractivity contribution in [2.24, 2.45) is 5.16 Å². The maximum Gasteiger partial charge on any atom is 0.145 e. The first-order valence-corrected chi connectivity index (χ1v) is 10.4. The van der Waals surface area contributed by atoms with Crippen LogP contribution < -0.4 is 0 Å². The van der Waals surface area contributed by atoms with Crippen molar-refractivity contribution < 1.29 is 14.7 Å². The van der Waals surface area contributed by atoms with E-state index in [0.717, 1.165) is 16.8 Å². The second-order valence-electron chi connectivity index (χ2n) is 7.15. The van der Waals surface area contributed by atoms with Crippen LogP contribution in [0.25, 0.3) is 0 Å². The van der Waals surface area contributed by atoms with E-state index in [1.165, 1.54) is 0 Å². The van der Waals surface area contributed by atoms with Crippen molar-refractivity contribution in [1.29, 1.82) is 0 Å². The minimum absolute atomic E-state index is 0.128. The molecule has 0 amide bonds. The minimum atomic E-state index is -0.654. The van der Waals surface area contributed by atoms with Crippen molar-refractivity contribution >= 4 is 28.9 Å². The number of hydrogen-bond acceptors (Lipinski definition) is 5. The van der Waals surface area contributed by atoms with E-state index in [1.807, 2.05) is 24.3 Å². The molecule has 0 saturated heterocycles. The van der Waals surface area contributed by atoms with Crippen molar-refractivity contribution in [3.63, 3.8) is 0 Å². The first-order valence-electron chi connectivity index (χ1n) is 9.69. The summed E-state index contributed by atoms with van der Waals surface area (Å²) in [6, 6.07) is 15.5. The van der Waals surface area contributed by atoms with Crippen molar-refractivity contribution in [3.05, 3.63) is 69.7 Å². The van der Waals surface area contributed by atoms with Crippen LogP contribution in [0.5, 0.6) is 0 Å². The van der Waals surface area contributed by atoms with Gasteiger partial charge < -0.3 is 14.7 Å². The molecule has 0 aliphatic carbocycles. The molecule has 2 aromatic carbocycles. The topological polar surface area (TPSA) is 54.3 Å². The van der Waals surface area contributed by atoms with E-state index in [0.29, 0.717) is 36.1 Å². The summed E-state index contributed by atoms with van der Waals surface area (Å²) in [5, 5.41) is 15.6. The second kappa shape index (κ2) is 11.4. The molecule has 2 atom stereocenters. The van der Waals surface area contributed by atoms with Crippen molar-refractivity contribution in [3.8, 4) is 12.3 Å². The Hall–Kier alpha value is -2.07. The summed E-state index contributed by atoms with van der Waals surface area (Å²) in [5.41, 5.74) is 2.87. The highest BCUT2D eigenvalue weighted by Gasteiger charge is 2.26. The lowest BCUT2D eigenvalue weighted by atomic mass is 10.0. The van der Waals surface area contributed by atoms with Crippen LogP contribution in [-0.2, 0) is 16.1 Å². The molecule has 1 heterocycles. The fraction of sp³-hybridized carbons (Fsp3) is 0.348. The van der Waals surface area contributed by atoms with Gasteiger partial charge in [0.1, 0.15) is 12.7 Å². The summed E-state index contributed by atoms with van der Waals surface area (Å²) in [5.74, 6) is 2.40. The lowest BCUT2D eigenvalue weighted by Gasteiger charge is -2.26. The molecule has 1 N–H and O–H groups in total. The zero-order chi connectivity index (χ0) is 21.3. The van der Waals surface area contributed by atoms with Gasteiger partial charge in [0.15, 0.2) is 0 Å². The zero-order valence-electron chi connectivity index (χ0n) is 16.5. The number of benzene rings is 2. The quantitative estimate of drug-likeness (QED) is 0.442. The van der Waals surface area contributed by atoms with Crippen molar-refractivity contribution in [2.45, 2.75) is 25.2 Å². The Balaban J connectivity index is 1.61. The number of oxime groups is 1. The highest BCUT2D eigenvalue weighted by molar-refractivity contribution is 6.42. The molecular formula is C23H24Cl2N2O3. The van der Waals surface area contributed by atoms with E-state index in [-0.39, 0.29) is 19.3 Å². The molecule has 0 unspecified atom stereocenters. The fourth-order valence-electron chi connectivity index (χ4n) is 3.31. The smallest absolute Gasteiger partial charge is 0.145 e. The Morgan fingerprint density at radius 2 is 2.03 bits per heavy atom. The molecule has 1 aliphatic heterocycles. The van der Waals surface area contributed by atoms with Gasteiger partial charge in [-0.25, -0.2) is 0 Å². The van der Waals surface area contributed by atoms with E-state index >= 15 is 0 Å². The maximum atomic E-state index is 10.4. The molecule has 0 saturated carbocycles. The van der Waals surface area contributed by atoms with Crippen LogP contribution in [0.1, 0.15) is 17.5 Å². The summed E-state index contributed by atoms with van der Waals surface area (Å²) in [6.45, 7) is 2.08. The van der Waals surface area contributed by atoms with Crippen LogP contribution in [0, 0.1) is 12.3 Å². The van der Waals surface area contributed by atoms with Crippen LogP contribution in [0.15, 0.2) is 53.7 Å². The van der Waals surface area contributed by atoms with Crippen molar-refractivity contribution in [1.82, 2.24) is 4.90 Å². The number of nitrogens with zero attached hydrogens (tertiary/aromatic N) is 2. The average molecular weight is 447 g/mol. The second-order valence-corrected chi connectivity index (χ2v) is 7.97. The Kier molecular flexibility index (Phi) is 8.56. The largest absolute Gasteiger partial charge is 0.390 e. The van der Waals surface area contributed by atoms with E-state index < -0.39 is 6.10 Å². The lowest BCUT2D eigenvalue weighted by Crippen LogP contribution is -2.39. The molecular weight excluding hydrogens is 423 g/mol. The predicted octanol–water partition coefficient (Wildman–Crippen LogP) is 4.00. The third kappa shape index (κ3) is 6.73. The average Bonchev–Trinajstić information content (AvgIpc) is 3.19. The minimum Gasteiger partial charge on any atom is -0.390 e. The molecule has 158 valence electrons. The van der Waals surface area contributed by atoms with Crippen LogP contribution in [0.4, 0.5) is 0 Å². The van der Waals surface area contributed by atoms with E-state index in [9.17, 15) is 5.11 Å². The molecule has 1 aliphatic rings. The van der Waals surface area contributed by atoms with E-state index in [2.05, 4.69) is 28.1 Å². The number of rotatable bonds is 10. The lowest BCUT2D eigenvalue weighted by molar-refractivity contribution is 0.00418. The number of aliphatic hydroxyl groups excluding tert-OH is 1. The molecule has 0 fully saturated rings. The van der Waals surface area contributed by atoms with Crippen LogP contribution >= 0.6 is 23.2 Å². The third-order valence-corrected chi connectivity index (χ3v) is 5.40. The van der Waals surface area contributed by atoms with Gasteiger partial charge in [0.25, 0.3) is 0 Å². The molecule has 0 aromatic heterocycles. The Bertz CT molecular complexity index is 899.